The minimum Gasteiger partial charge on any atom is -0.222 e. The van der Waals surface area contributed by atoms with E-state index in [1.165, 1.54) is 16.5 Å². The zero-order valence-electron chi connectivity index (χ0n) is 14.8. The average molecular weight is 411 g/mol. The molecule has 1 heterocycles. The Morgan fingerprint density at radius 2 is 1.56 bits per heavy atom. The number of hydrogen-bond acceptors (Lipinski definition) is 4. The Kier molecular flexibility index (Phi) is 7.98. The second kappa shape index (κ2) is 9.99. The van der Waals surface area contributed by atoms with Crippen molar-refractivity contribution in [3.05, 3.63) is 65.7 Å². The Hall–Kier alpha value is -1.73. The monoisotopic (exact) mass is 410 g/mol. The lowest BCUT2D eigenvalue weighted by atomic mass is 10.0. The molecule has 5 nitrogen and oxygen atoms in total. The van der Waals surface area contributed by atoms with Gasteiger partial charge in [-0.2, -0.15) is 0 Å². The first-order valence-corrected chi connectivity index (χ1v) is 10.1. The van der Waals surface area contributed by atoms with E-state index < -0.39 is 10.2 Å². The lowest BCUT2D eigenvalue weighted by molar-refractivity contribution is -2.00. The minimum absolute atomic E-state index is 0.722. The van der Waals surface area contributed by atoms with Crippen LogP contribution in [0.4, 0.5) is 0 Å². The number of rotatable bonds is 5. The third-order valence-corrected chi connectivity index (χ3v) is 4.19. The molecule has 0 radical (unpaired) electrons. The van der Waals surface area contributed by atoms with Crippen molar-refractivity contribution in [3.8, 4) is 11.3 Å². The molecule has 0 unspecified atom stereocenters. The largest absolute Gasteiger partial charge is 0.361 e. The summed E-state index contributed by atoms with van der Waals surface area (Å²) < 4.78 is 40.1. The highest BCUT2D eigenvalue weighted by Gasteiger charge is 2.18. The molecule has 0 amide bonds. The number of fused-ring (bicyclic) bond motifs is 1. The highest BCUT2D eigenvalue weighted by molar-refractivity contribution is 6.17. The van der Waals surface area contributed by atoms with Gasteiger partial charge in [0.25, 0.3) is 0 Å². The van der Waals surface area contributed by atoms with Crippen molar-refractivity contribution in [2.75, 3.05) is 5.88 Å². The van der Waals surface area contributed by atoms with Crippen LogP contribution in [0, 0.1) is 17.2 Å². The van der Waals surface area contributed by atoms with E-state index in [1.54, 1.807) is 0 Å². The van der Waals surface area contributed by atoms with E-state index >= 15 is 0 Å². The second-order valence-corrected chi connectivity index (χ2v) is 7.16. The number of benzene rings is 2. The predicted octanol–water partition coefficient (Wildman–Crippen LogP) is 1.49. The Labute approximate surface area is 165 Å². The van der Waals surface area contributed by atoms with Gasteiger partial charge in [-0.1, -0.05) is 29.8 Å². The van der Waals surface area contributed by atoms with Gasteiger partial charge in [-0.25, -0.2) is 23.1 Å². The molecule has 3 rings (SSSR count). The molecule has 0 saturated carbocycles. The van der Waals surface area contributed by atoms with Crippen LogP contribution in [0.15, 0.2) is 59.0 Å². The summed E-state index contributed by atoms with van der Waals surface area (Å²) in [4.78, 5) is 0. The van der Waals surface area contributed by atoms with E-state index in [2.05, 4.69) is 49.4 Å². The van der Waals surface area contributed by atoms with E-state index in [0.29, 0.717) is 0 Å². The maximum Gasteiger partial charge on any atom is 0.361 e. The van der Waals surface area contributed by atoms with E-state index in [9.17, 15) is 0 Å². The average Bonchev–Trinajstić information content (AvgIpc) is 2.61. The van der Waals surface area contributed by atoms with Crippen molar-refractivity contribution in [3.63, 3.8) is 0 Å². The Morgan fingerprint density at radius 1 is 0.926 bits per heavy atom. The van der Waals surface area contributed by atoms with Crippen LogP contribution in [0.5, 0.6) is 0 Å². The minimum atomic E-state index is -4.94. The summed E-state index contributed by atoms with van der Waals surface area (Å²) in [6.07, 6.45) is 3.18. The maximum atomic E-state index is 8.49. The molecule has 0 spiro atoms. The summed E-state index contributed by atoms with van der Waals surface area (Å²) in [5.74, 6) is 1.65. The van der Waals surface area contributed by atoms with Crippen LogP contribution in [-0.2, 0) is 6.42 Å². The summed E-state index contributed by atoms with van der Waals surface area (Å²) in [6.45, 7) is 2.10. The van der Waals surface area contributed by atoms with Gasteiger partial charge in [0.15, 0.2) is 0 Å². The normalized spacial score (nSPS) is 11.2. The van der Waals surface area contributed by atoms with Gasteiger partial charge >= 0.3 is 11.3 Å². The summed E-state index contributed by atoms with van der Waals surface area (Å²) in [7, 11) is -4.94. The molecule has 0 aliphatic rings. The first kappa shape index (κ1) is 21.6. The van der Waals surface area contributed by atoms with Gasteiger partial charge in [0.1, 0.15) is 0 Å². The lowest BCUT2D eigenvalue weighted by Gasteiger charge is -2.17. The smallest absolute Gasteiger partial charge is 0.222 e. The fourth-order valence-corrected chi connectivity index (χ4v) is 2.87. The Balaban J connectivity index is 0.000000465. The SMILES string of the molecule is Cc1ccc(-c2cc(CCCCCl)c3ccccc3[o+]2)cc1.[O-][Cl+3]([O-])([O-])[O-]. The topological polar surface area (TPSA) is 104 Å². The van der Waals surface area contributed by atoms with Gasteiger partial charge in [-0.15, -0.1) is 21.8 Å². The van der Waals surface area contributed by atoms with Crippen molar-refractivity contribution in [1.29, 1.82) is 0 Å². The molecule has 0 N–H and O–H groups in total. The Morgan fingerprint density at radius 3 is 2.19 bits per heavy atom. The number of alkyl halides is 1. The van der Waals surface area contributed by atoms with Gasteiger partial charge in [0.2, 0.25) is 0 Å². The molecule has 0 saturated heterocycles. The third-order valence-electron chi connectivity index (χ3n) is 3.92. The van der Waals surface area contributed by atoms with Crippen LogP contribution in [0.25, 0.3) is 22.3 Å². The molecule has 0 atom stereocenters. The van der Waals surface area contributed by atoms with Crippen molar-refractivity contribution in [1.82, 2.24) is 0 Å². The van der Waals surface area contributed by atoms with Crippen molar-refractivity contribution in [2.24, 2.45) is 0 Å². The van der Waals surface area contributed by atoms with Crippen LogP contribution in [0.1, 0.15) is 24.0 Å². The van der Waals surface area contributed by atoms with Gasteiger partial charge in [0.05, 0.1) is 10.9 Å². The quantitative estimate of drug-likeness (QED) is 0.360. The van der Waals surface area contributed by atoms with Crippen LogP contribution in [0.2, 0.25) is 0 Å². The lowest BCUT2D eigenvalue weighted by Crippen LogP contribution is -2.68. The second-order valence-electron chi connectivity index (χ2n) is 6.02. The number of halogens is 2. The molecular weight excluding hydrogens is 391 g/mol. The summed E-state index contributed by atoms with van der Waals surface area (Å²) in [5, 5.41) is 1.20. The summed E-state index contributed by atoms with van der Waals surface area (Å²) in [6, 6.07) is 18.9. The van der Waals surface area contributed by atoms with Crippen LogP contribution < -0.4 is 18.6 Å². The number of aryl methyl sites for hydroxylation is 2. The molecule has 7 heteroatoms. The third kappa shape index (κ3) is 7.42. The van der Waals surface area contributed by atoms with Crippen LogP contribution >= 0.6 is 11.6 Å². The van der Waals surface area contributed by atoms with Crippen molar-refractivity contribution < 1.29 is 33.3 Å². The molecule has 1 aromatic heterocycles. The standard InChI is InChI=1S/C20H20ClO.ClHO4/c1-15-9-11-16(12-10-15)20-14-17(6-4-5-13-21)18-7-2-3-8-19(18)22-20;2-1(3,4)5/h2-3,7-12,14H,4-6,13H2,1H3;(H,2,3,4,5)/q+1;/p-1. The molecular formula is C20H20Cl2O5. The first-order valence-electron chi connectivity index (χ1n) is 8.37. The highest BCUT2D eigenvalue weighted by Crippen LogP contribution is 2.29. The summed E-state index contributed by atoms with van der Waals surface area (Å²) >= 11 is 5.81. The van der Waals surface area contributed by atoms with Gasteiger partial charge in [-0.05, 0) is 49.9 Å². The van der Waals surface area contributed by atoms with Gasteiger partial charge < -0.3 is 0 Å². The zero-order chi connectivity index (χ0) is 19.9. The van der Waals surface area contributed by atoms with Crippen molar-refractivity contribution in [2.45, 2.75) is 26.2 Å². The molecule has 0 fully saturated rings. The van der Waals surface area contributed by atoms with Crippen LogP contribution in [-0.4, -0.2) is 5.88 Å². The van der Waals surface area contributed by atoms with Gasteiger partial charge in [-0.3, -0.25) is 0 Å². The first-order chi connectivity index (χ1) is 12.8. The molecule has 0 aliphatic carbocycles. The molecule has 0 bridgehead atoms. The summed E-state index contributed by atoms with van der Waals surface area (Å²) in [5.41, 5.74) is 4.66. The molecule has 144 valence electrons. The van der Waals surface area contributed by atoms with E-state index in [-0.39, 0.29) is 0 Å². The molecule has 2 aromatic carbocycles. The number of para-hydroxylation sites is 1. The van der Waals surface area contributed by atoms with E-state index in [0.717, 1.165) is 42.0 Å². The molecule has 3 aromatic rings. The zero-order valence-corrected chi connectivity index (χ0v) is 16.3. The van der Waals surface area contributed by atoms with Crippen LogP contribution in [0.3, 0.4) is 0 Å². The van der Waals surface area contributed by atoms with E-state index in [1.807, 2.05) is 12.1 Å². The van der Waals surface area contributed by atoms with E-state index in [4.69, 9.17) is 34.7 Å². The maximum absolute atomic E-state index is 8.49. The predicted molar refractivity (Wildman–Crippen MR) is 94.5 cm³/mol. The number of unbranched alkanes of at least 4 members (excludes halogenated alkanes) is 1. The fraction of sp³-hybridized carbons (Fsp3) is 0.250. The molecule has 0 aliphatic heterocycles. The van der Waals surface area contributed by atoms with Gasteiger partial charge in [0, 0.05) is 18.0 Å². The Bertz CT molecular complexity index is 854. The molecule has 27 heavy (non-hydrogen) atoms. The highest BCUT2D eigenvalue weighted by atomic mass is 35.7. The fourth-order valence-electron chi connectivity index (χ4n) is 2.68. The number of hydrogen-bond donors (Lipinski definition) is 0. The van der Waals surface area contributed by atoms with Crippen molar-refractivity contribution >= 4 is 22.6 Å².